The zero-order chi connectivity index (χ0) is 11.5. The summed E-state index contributed by atoms with van der Waals surface area (Å²) in [6, 6.07) is 7.81. The smallest absolute Gasteiger partial charge is 0.0597 e. The van der Waals surface area contributed by atoms with Crippen LogP contribution in [0, 0.1) is 0 Å². The number of hydrogen-bond acceptors (Lipinski definition) is 2. The molecule has 16 heavy (non-hydrogen) atoms. The standard InChI is InChI=1S/C12H11Cl2NS/c1-15-12(8-4-5-16-7-8)10-3-2-9(13)6-11(10)14/h2-7,12,15H,1H3. The van der Waals surface area contributed by atoms with E-state index in [1.54, 1.807) is 17.4 Å². The van der Waals surface area contributed by atoms with Gasteiger partial charge in [0.05, 0.1) is 6.04 Å². The molecule has 0 aliphatic heterocycles. The maximum Gasteiger partial charge on any atom is 0.0597 e. The second-order valence-electron chi connectivity index (χ2n) is 3.44. The maximum atomic E-state index is 6.20. The first-order valence-electron chi connectivity index (χ1n) is 4.86. The van der Waals surface area contributed by atoms with Crippen LogP contribution in [0.5, 0.6) is 0 Å². The number of halogens is 2. The molecule has 1 heterocycles. The van der Waals surface area contributed by atoms with Crippen LogP contribution in [0.3, 0.4) is 0 Å². The predicted octanol–water partition coefficient (Wildman–Crippen LogP) is 4.36. The average Bonchev–Trinajstić information content (AvgIpc) is 2.75. The normalized spacial score (nSPS) is 12.7. The topological polar surface area (TPSA) is 12.0 Å². The van der Waals surface area contributed by atoms with Crippen LogP contribution in [-0.4, -0.2) is 7.05 Å². The van der Waals surface area contributed by atoms with Crippen molar-refractivity contribution in [3.8, 4) is 0 Å². The molecule has 1 aromatic carbocycles. The molecule has 0 bridgehead atoms. The van der Waals surface area contributed by atoms with Gasteiger partial charge in [-0.3, -0.25) is 0 Å². The molecule has 0 saturated heterocycles. The van der Waals surface area contributed by atoms with Crippen molar-refractivity contribution in [1.82, 2.24) is 5.32 Å². The molecule has 1 nitrogen and oxygen atoms in total. The summed E-state index contributed by atoms with van der Waals surface area (Å²) in [5, 5.41) is 8.79. The van der Waals surface area contributed by atoms with E-state index >= 15 is 0 Å². The first kappa shape index (κ1) is 11.9. The Kier molecular flexibility index (Phi) is 3.87. The summed E-state index contributed by atoms with van der Waals surface area (Å²) in [7, 11) is 1.92. The average molecular weight is 272 g/mol. The zero-order valence-electron chi connectivity index (χ0n) is 8.71. The van der Waals surface area contributed by atoms with Gasteiger partial charge in [-0.15, -0.1) is 0 Å². The minimum absolute atomic E-state index is 0.121. The molecule has 0 radical (unpaired) electrons. The van der Waals surface area contributed by atoms with Crippen LogP contribution in [0.1, 0.15) is 17.2 Å². The van der Waals surface area contributed by atoms with Crippen molar-refractivity contribution in [1.29, 1.82) is 0 Å². The Labute approximate surface area is 109 Å². The van der Waals surface area contributed by atoms with Crippen molar-refractivity contribution in [2.45, 2.75) is 6.04 Å². The second-order valence-corrected chi connectivity index (χ2v) is 5.07. The third kappa shape index (κ3) is 2.41. The van der Waals surface area contributed by atoms with E-state index in [0.29, 0.717) is 10.0 Å². The molecule has 0 amide bonds. The van der Waals surface area contributed by atoms with Gasteiger partial charge < -0.3 is 5.32 Å². The number of benzene rings is 1. The monoisotopic (exact) mass is 271 g/mol. The van der Waals surface area contributed by atoms with Gasteiger partial charge in [0.1, 0.15) is 0 Å². The van der Waals surface area contributed by atoms with Crippen molar-refractivity contribution >= 4 is 34.5 Å². The summed E-state index contributed by atoms with van der Waals surface area (Å²) < 4.78 is 0. The molecule has 84 valence electrons. The Morgan fingerprint density at radius 3 is 2.62 bits per heavy atom. The summed E-state index contributed by atoms with van der Waals surface area (Å²) in [5.41, 5.74) is 2.27. The quantitative estimate of drug-likeness (QED) is 0.875. The Hall–Kier alpha value is -0.540. The zero-order valence-corrected chi connectivity index (χ0v) is 11.0. The third-order valence-corrected chi connectivity index (χ3v) is 3.70. The van der Waals surface area contributed by atoms with Crippen LogP contribution < -0.4 is 5.32 Å². The second kappa shape index (κ2) is 5.19. The van der Waals surface area contributed by atoms with E-state index in [0.717, 1.165) is 5.56 Å². The van der Waals surface area contributed by atoms with Crippen molar-refractivity contribution < 1.29 is 0 Å². The summed E-state index contributed by atoms with van der Waals surface area (Å²) >= 11 is 13.8. The first-order valence-corrected chi connectivity index (χ1v) is 6.56. The lowest BCUT2D eigenvalue weighted by atomic mass is 10.0. The third-order valence-electron chi connectivity index (χ3n) is 2.44. The fourth-order valence-corrected chi connectivity index (χ4v) is 2.88. The van der Waals surface area contributed by atoms with Gasteiger partial charge >= 0.3 is 0 Å². The van der Waals surface area contributed by atoms with Crippen LogP contribution in [0.2, 0.25) is 10.0 Å². The largest absolute Gasteiger partial charge is 0.309 e. The van der Waals surface area contributed by atoms with Gasteiger partial charge in [-0.25, -0.2) is 0 Å². The highest BCUT2D eigenvalue weighted by molar-refractivity contribution is 7.08. The Bertz CT molecular complexity index is 468. The SMILES string of the molecule is CNC(c1ccsc1)c1ccc(Cl)cc1Cl. The molecule has 0 fully saturated rings. The minimum atomic E-state index is 0.121. The van der Waals surface area contributed by atoms with Crippen LogP contribution in [0.15, 0.2) is 35.0 Å². The van der Waals surface area contributed by atoms with E-state index in [1.807, 2.05) is 19.2 Å². The van der Waals surface area contributed by atoms with Crippen molar-refractivity contribution in [3.05, 3.63) is 56.2 Å². The molecule has 1 atom stereocenters. The van der Waals surface area contributed by atoms with Crippen LogP contribution in [0.25, 0.3) is 0 Å². The van der Waals surface area contributed by atoms with Crippen LogP contribution in [-0.2, 0) is 0 Å². The van der Waals surface area contributed by atoms with Gasteiger partial charge in [-0.1, -0.05) is 29.3 Å². The molecular formula is C12H11Cl2NS. The van der Waals surface area contributed by atoms with E-state index in [9.17, 15) is 0 Å². The van der Waals surface area contributed by atoms with Crippen molar-refractivity contribution in [3.63, 3.8) is 0 Å². The van der Waals surface area contributed by atoms with Gasteiger partial charge in [0.25, 0.3) is 0 Å². The number of hydrogen-bond donors (Lipinski definition) is 1. The Morgan fingerprint density at radius 2 is 2.06 bits per heavy atom. The lowest BCUT2D eigenvalue weighted by molar-refractivity contribution is 0.694. The number of nitrogens with one attached hydrogen (secondary N) is 1. The Morgan fingerprint density at radius 1 is 1.25 bits per heavy atom. The molecule has 0 saturated carbocycles. The van der Waals surface area contributed by atoms with Gasteiger partial charge in [-0.2, -0.15) is 11.3 Å². The van der Waals surface area contributed by atoms with E-state index in [1.165, 1.54) is 5.56 Å². The summed E-state index contributed by atoms with van der Waals surface area (Å²) in [6.07, 6.45) is 0. The van der Waals surface area contributed by atoms with Crippen molar-refractivity contribution in [2.75, 3.05) is 7.05 Å². The lowest BCUT2D eigenvalue weighted by Crippen LogP contribution is -2.17. The highest BCUT2D eigenvalue weighted by atomic mass is 35.5. The summed E-state index contributed by atoms with van der Waals surface area (Å²) in [6.45, 7) is 0. The van der Waals surface area contributed by atoms with Crippen LogP contribution in [0.4, 0.5) is 0 Å². The fourth-order valence-electron chi connectivity index (χ4n) is 1.68. The van der Waals surface area contributed by atoms with Gasteiger partial charge in [0, 0.05) is 10.0 Å². The molecule has 1 N–H and O–H groups in total. The molecule has 2 rings (SSSR count). The minimum Gasteiger partial charge on any atom is -0.309 e. The molecule has 0 aliphatic rings. The Balaban J connectivity index is 2.41. The van der Waals surface area contributed by atoms with E-state index in [2.05, 4.69) is 22.1 Å². The molecule has 4 heteroatoms. The summed E-state index contributed by atoms with van der Waals surface area (Å²) in [5.74, 6) is 0. The predicted molar refractivity (Wildman–Crippen MR) is 71.7 cm³/mol. The van der Waals surface area contributed by atoms with Gasteiger partial charge in [0.2, 0.25) is 0 Å². The maximum absolute atomic E-state index is 6.20. The molecule has 0 spiro atoms. The van der Waals surface area contributed by atoms with E-state index < -0.39 is 0 Å². The summed E-state index contributed by atoms with van der Waals surface area (Å²) in [4.78, 5) is 0. The number of thiophene rings is 1. The molecular weight excluding hydrogens is 261 g/mol. The molecule has 1 aromatic heterocycles. The molecule has 0 aliphatic carbocycles. The highest BCUT2D eigenvalue weighted by Crippen LogP contribution is 2.31. The van der Waals surface area contributed by atoms with Crippen LogP contribution >= 0.6 is 34.5 Å². The van der Waals surface area contributed by atoms with Gasteiger partial charge in [0.15, 0.2) is 0 Å². The first-order chi connectivity index (χ1) is 7.72. The molecule has 2 aromatic rings. The van der Waals surface area contributed by atoms with Crippen molar-refractivity contribution in [2.24, 2.45) is 0 Å². The molecule has 1 unspecified atom stereocenters. The van der Waals surface area contributed by atoms with E-state index in [4.69, 9.17) is 23.2 Å². The fraction of sp³-hybridized carbons (Fsp3) is 0.167. The van der Waals surface area contributed by atoms with E-state index in [-0.39, 0.29) is 6.04 Å². The highest BCUT2D eigenvalue weighted by Gasteiger charge is 2.15. The van der Waals surface area contributed by atoms with Gasteiger partial charge in [-0.05, 0) is 47.1 Å². The number of rotatable bonds is 3. The lowest BCUT2D eigenvalue weighted by Gasteiger charge is -2.17.